The minimum Gasteiger partial charge on any atom is -0.444 e. The fourth-order valence-corrected chi connectivity index (χ4v) is 3.21. The van der Waals surface area contributed by atoms with Gasteiger partial charge >= 0.3 is 0 Å². The van der Waals surface area contributed by atoms with Crippen molar-refractivity contribution in [2.24, 2.45) is 0 Å². The molecule has 0 fully saturated rings. The first-order chi connectivity index (χ1) is 14.0. The monoisotopic (exact) mass is 459 g/mol. The molecule has 0 atom stereocenters. The van der Waals surface area contributed by atoms with Crippen LogP contribution in [0.5, 0.6) is 0 Å². The molecule has 4 rings (SSSR count). The minimum absolute atomic E-state index is 0.195. The molecule has 0 saturated heterocycles. The van der Waals surface area contributed by atoms with Crippen LogP contribution in [0, 0.1) is 5.82 Å². The molecule has 8 nitrogen and oxygen atoms in total. The number of nitrogens with zero attached hydrogens (tertiary/aromatic N) is 4. The Labute approximate surface area is 172 Å². The van der Waals surface area contributed by atoms with Gasteiger partial charge in [0.05, 0.1) is 19.3 Å². The van der Waals surface area contributed by atoms with Crippen molar-refractivity contribution in [3.05, 3.63) is 81.1 Å². The van der Waals surface area contributed by atoms with Crippen molar-refractivity contribution < 1.29 is 13.6 Å². The lowest BCUT2D eigenvalue weighted by molar-refractivity contribution is 0.0923. The number of nitrogens with one attached hydrogen (secondary N) is 1. The number of carbonyl (C=O) groups is 1. The highest BCUT2D eigenvalue weighted by atomic mass is 79.9. The Bertz CT molecular complexity index is 1250. The number of rotatable bonds is 6. The Morgan fingerprint density at radius 1 is 1.28 bits per heavy atom. The number of furan rings is 1. The van der Waals surface area contributed by atoms with E-state index in [-0.39, 0.29) is 36.1 Å². The molecule has 1 aromatic carbocycles. The minimum atomic E-state index is -0.360. The molecule has 10 heteroatoms. The largest absolute Gasteiger partial charge is 0.444 e. The van der Waals surface area contributed by atoms with Gasteiger partial charge in [-0.25, -0.2) is 14.1 Å². The van der Waals surface area contributed by atoms with Crippen LogP contribution in [0.2, 0.25) is 0 Å². The Balaban J connectivity index is 1.47. The average molecular weight is 460 g/mol. The molecule has 4 aromatic rings. The molecule has 3 aromatic heterocycles. The third-order valence-electron chi connectivity index (χ3n) is 4.27. The Hall–Kier alpha value is -3.27. The molecule has 0 aliphatic heterocycles. The summed E-state index contributed by atoms with van der Waals surface area (Å²) in [5.41, 5.74) is 0.809. The third kappa shape index (κ3) is 4.11. The molecule has 0 saturated carbocycles. The van der Waals surface area contributed by atoms with Gasteiger partial charge < -0.3 is 9.73 Å². The van der Waals surface area contributed by atoms with E-state index in [1.807, 2.05) is 0 Å². The fourth-order valence-electron chi connectivity index (χ4n) is 2.90. The zero-order valence-corrected chi connectivity index (χ0v) is 16.6. The molecule has 0 radical (unpaired) electrons. The Morgan fingerprint density at radius 2 is 2.14 bits per heavy atom. The summed E-state index contributed by atoms with van der Waals surface area (Å²) in [6.45, 7) is 0.818. The zero-order chi connectivity index (χ0) is 20.4. The lowest BCUT2D eigenvalue weighted by atomic mass is 10.2. The number of amides is 1. The number of carbonyl (C=O) groups excluding carboxylic acids is 1. The van der Waals surface area contributed by atoms with Gasteiger partial charge in [-0.2, -0.15) is 5.10 Å². The highest BCUT2D eigenvalue weighted by Crippen LogP contribution is 2.13. The standard InChI is InChI=1S/C19H15BrFN5O3/c20-16-5-4-15(29-16)18(27)22-6-7-26-17-14(9-24-26)19(28)25(11-23-17)10-12-2-1-3-13(21)8-12/h1-5,8-9,11H,6-7,10H2,(H,22,27). The van der Waals surface area contributed by atoms with E-state index in [1.54, 1.807) is 28.9 Å². The molecule has 1 amide bonds. The van der Waals surface area contributed by atoms with Gasteiger partial charge in [-0.05, 0) is 45.8 Å². The first-order valence-corrected chi connectivity index (χ1v) is 9.49. The van der Waals surface area contributed by atoms with Crippen molar-refractivity contribution in [1.29, 1.82) is 0 Å². The van der Waals surface area contributed by atoms with Gasteiger partial charge in [0.15, 0.2) is 16.1 Å². The second kappa shape index (κ2) is 8.00. The van der Waals surface area contributed by atoms with Gasteiger partial charge in [0, 0.05) is 6.54 Å². The predicted octanol–water partition coefficient (Wildman–Crippen LogP) is 2.57. The Morgan fingerprint density at radius 3 is 2.90 bits per heavy atom. The maximum absolute atomic E-state index is 13.4. The summed E-state index contributed by atoms with van der Waals surface area (Å²) in [7, 11) is 0. The molecule has 1 N–H and O–H groups in total. The van der Waals surface area contributed by atoms with Crippen molar-refractivity contribution >= 4 is 32.9 Å². The predicted molar refractivity (Wildman–Crippen MR) is 106 cm³/mol. The van der Waals surface area contributed by atoms with E-state index in [4.69, 9.17) is 4.42 Å². The number of fused-ring (bicyclic) bond motifs is 1. The van der Waals surface area contributed by atoms with Gasteiger partial charge in [-0.1, -0.05) is 12.1 Å². The van der Waals surface area contributed by atoms with Crippen LogP contribution >= 0.6 is 15.9 Å². The number of hydrogen-bond acceptors (Lipinski definition) is 5. The molecule has 0 bridgehead atoms. The van der Waals surface area contributed by atoms with Crippen molar-refractivity contribution in [1.82, 2.24) is 24.6 Å². The summed E-state index contributed by atoms with van der Waals surface area (Å²) in [5.74, 6) is -0.514. The smallest absolute Gasteiger partial charge is 0.287 e. The van der Waals surface area contributed by atoms with Crippen LogP contribution in [0.25, 0.3) is 11.0 Å². The van der Waals surface area contributed by atoms with Gasteiger partial charge in [0.25, 0.3) is 11.5 Å². The van der Waals surface area contributed by atoms with Crippen molar-refractivity contribution in [3.63, 3.8) is 0 Å². The summed E-state index contributed by atoms with van der Waals surface area (Å²) < 4.78 is 22.0. The number of halogens is 2. The summed E-state index contributed by atoms with van der Waals surface area (Å²) in [4.78, 5) is 29.0. The van der Waals surface area contributed by atoms with Gasteiger partial charge in [0.1, 0.15) is 17.5 Å². The van der Waals surface area contributed by atoms with E-state index in [0.717, 1.165) is 0 Å². The van der Waals surface area contributed by atoms with E-state index in [9.17, 15) is 14.0 Å². The normalized spacial score (nSPS) is 11.1. The lowest BCUT2D eigenvalue weighted by Crippen LogP contribution is -2.27. The second-order valence-corrected chi connectivity index (χ2v) is 7.05. The van der Waals surface area contributed by atoms with Gasteiger partial charge in [0.2, 0.25) is 0 Å². The maximum atomic E-state index is 13.4. The molecular weight excluding hydrogens is 445 g/mol. The van der Waals surface area contributed by atoms with Crippen molar-refractivity contribution in [2.75, 3.05) is 6.54 Å². The summed E-state index contributed by atoms with van der Waals surface area (Å²) in [6.07, 6.45) is 2.85. The molecule has 0 spiro atoms. The van der Waals surface area contributed by atoms with Crippen molar-refractivity contribution in [2.45, 2.75) is 13.1 Å². The van der Waals surface area contributed by atoms with Crippen LogP contribution in [0.15, 0.2) is 62.8 Å². The highest BCUT2D eigenvalue weighted by molar-refractivity contribution is 9.10. The van der Waals surface area contributed by atoms with E-state index >= 15 is 0 Å². The number of aromatic nitrogens is 4. The Kier molecular flexibility index (Phi) is 5.26. The van der Waals surface area contributed by atoms with Crippen molar-refractivity contribution in [3.8, 4) is 0 Å². The maximum Gasteiger partial charge on any atom is 0.287 e. The molecule has 148 valence electrons. The quantitative estimate of drug-likeness (QED) is 0.478. The summed E-state index contributed by atoms with van der Waals surface area (Å²) in [6, 6.07) is 9.25. The highest BCUT2D eigenvalue weighted by Gasteiger charge is 2.12. The molecule has 0 aliphatic carbocycles. The lowest BCUT2D eigenvalue weighted by Gasteiger charge is -2.07. The first kappa shape index (κ1) is 19.1. The van der Waals surface area contributed by atoms with Crippen LogP contribution in [0.1, 0.15) is 16.1 Å². The van der Waals surface area contributed by atoms with Crippen LogP contribution in [0.3, 0.4) is 0 Å². The summed E-state index contributed by atoms with van der Waals surface area (Å²) in [5, 5.41) is 7.26. The van der Waals surface area contributed by atoms with Crippen LogP contribution < -0.4 is 10.9 Å². The average Bonchev–Trinajstić information content (AvgIpc) is 3.31. The molecule has 29 heavy (non-hydrogen) atoms. The molecule has 0 aliphatic rings. The van der Waals surface area contributed by atoms with E-state index in [1.165, 1.54) is 29.2 Å². The van der Waals surface area contributed by atoms with Gasteiger partial charge in [-0.3, -0.25) is 14.2 Å². The zero-order valence-electron chi connectivity index (χ0n) is 15.0. The first-order valence-electron chi connectivity index (χ1n) is 8.70. The third-order valence-corrected chi connectivity index (χ3v) is 4.70. The van der Waals surface area contributed by atoms with Crippen LogP contribution in [-0.4, -0.2) is 31.8 Å². The SMILES string of the molecule is O=C(NCCn1ncc2c(=O)n(Cc3cccc(F)c3)cnc21)c1ccc(Br)o1. The number of benzene rings is 1. The van der Waals surface area contributed by atoms with E-state index in [2.05, 4.69) is 31.3 Å². The molecule has 0 unspecified atom stereocenters. The van der Waals surface area contributed by atoms with E-state index < -0.39 is 0 Å². The second-order valence-electron chi connectivity index (χ2n) is 6.27. The van der Waals surface area contributed by atoms with Gasteiger partial charge in [-0.15, -0.1) is 0 Å². The number of hydrogen-bond donors (Lipinski definition) is 1. The summed E-state index contributed by atoms with van der Waals surface area (Å²) >= 11 is 3.14. The molecule has 3 heterocycles. The fraction of sp³-hybridized carbons (Fsp3) is 0.158. The van der Waals surface area contributed by atoms with Crippen LogP contribution in [-0.2, 0) is 13.1 Å². The molecular formula is C19H15BrFN5O3. The van der Waals surface area contributed by atoms with E-state index in [0.29, 0.717) is 27.8 Å². The topological polar surface area (TPSA) is 95.0 Å². The van der Waals surface area contributed by atoms with Crippen LogP contribution in [0.4, 0.5) is 4.39 Å².